The number of nitrogens with one attached hydrogen (secondary N) is 2. The van der Waals surface area contributed by atoms with Crippen LogP contribution in [-0.4, -0.2) is 29.7 Å². The number of anilines is 1. The average Bonchev–Trinajstić information content (AvgIpc) is 2.79. The Kier molecular flexibility index (Phi) is 3.64. The molecule has 1 heterocycles. The van der Waals surface area contributed by atoms with Crippen LogP contribution in [0.3, 0.4) is 0 Å². The molecule has 4 nitrogen and oxygen atoms in total. The number of benzene rings is 1. The highest BCUT2D eigenvalue weighted by atomic mass is 16.3. The first-order valence-corrected chi connectivity index (χ1v) is 6.01. The zero-order valence-corrected chi connectivity index (χ0v) is 9.94. The van der Waals surface area contributed by atoms with Gasteiger partial charge in [-0.25, -0.2) is 0 Å². The third kappa shape index (κ3) is 2.77. The number of amides is 1. The maximum atomic E-state index is 11.8. The van der Waals surface area contributed by atoms with Crippen molar-refractivity contribution in [2.45, 2.75) is 31.9 Å². The summed E-state index contributed by atoms with van der Waals surface area (Å²) in [5.74, 6) is -0.0475. The highest BCUT2D eigenvalue weighted by Gasteiger charge is 2.26. The predicted molar refractivity (Wildman–Crippen MR) is 66.9 cm³/mol. The van der Waals surface area contributed by atoms with Crippen molar-refractivity contribution in [2.24, 2.45) is 0 Å². The molecule has 1 aromatic rings. The topological polar surface area (TPSA) is 61.4 Å². The van der Waals surface area contributed by atoms with Crippen molar-refractivity contribution in [3.8, 4) is 0 Å². The van der Waals surface area contributed by atoms with Crippen LogP contribution in [0.4, 0.5) is 5.69 Å². The Morgan fingerprint density at radius 2 is 2.35 bits per heavy atom. The molecule has 0 fully saturated rings. The third-order valence-electron chi connectivity index (χ3n) is 3.07. The molecule has 2 atom stereocenters. The number of hydrogen-bond donors (Lipinski definition) is 3. The van der Waals surface area contributed by atoms with Crippen molar-refractivity contribution in [3.05, 3.63) is 29.8 Å². The van der Waals surface area contributed by atoms with E-state index in [-0.39, 0.29) is 11.9 Å². The van der Waals surface area contributed by atoms with Gasteiger partial charge in [-0.05, 0) is 18.1 Å². The molecule has 4 heteroatoms. The number of carbonyl (C=O) groups is 1. The third-order valence-corrected chi connectivity index (χ3v) is 3.07. The van der Waals surface area contributed by atoms with E-state index < -0.39 is 6.10 Å². The number of rotatable bonds is 4. The summed E-state index contributed by atoms with van der Waals surface area (Å²) in [6, 6.07) is 7.71. The number of hydrogen-bond acceptors (Lipinski definition) is 3. The molecule has 0 saturated carbocycles. The van der Waals surface area contributed by atoms with Gasteiger partial charge in [0.05, 0.1) is 6.10 Å². The molecule has 2 rings (SSSR count). The highest BCUT2D eigenvalue weighted by Crippen LogP contribution is 2.24. The van der Waals surface area contributed by atoms with Crippen molar-refractivity contribution in [2.75, 3.05) is 11.9 Å². The summed E-state index contributed by atoms with van der Waals surface area (Å²) in [5, 5.41) is 15.3. The Labute approximate surface area is 101 Å². The Bertz CT molecular complexity index is 381. The molecule has 0 spiro atoms. The first kappa shape index (κ1) is 11.9. The lowest BCUT2D eigenvalue weighted by molar-refractivity contribution is -0.122. The van der Waals surface area contributed by atoms with Crippen LogP contribution in [0.15, 0.2) is 24.3 Å². The molecule has 1 aromatic carbocycles. The molecule has 3 N–H and O–H groups in total. The van der Waals surface area contributed by atoms with E-state index in [0.717, 1.165) is 5.69 Å². The van der Waals surface area contributed by atoms with Crippen LogP contribution < -0.4 is 10.6 Å². The van der Waals surface area contributed by atoms with Crippen molar-refractivity contribution < 1.29 is 9.90 Å². The van der Waals surface area contributed by atoms with Crippen LogP contribution >= 0.6 is 0 Å². The minimum absolute atomic E-state index is 0.0475. The number of carbonyl (C=O) groups excluding carboxylic acids is 1. The molecule has 0 saturated heterocycles. The maximum absolute atomic E-state index is 11.8. The number of para-hydroxylation sites is 1. The summed E-state index contributed by atoms with van der Waals surface area (Å²) in [6.45, 7) is 2.21. The van der Waals surface area contributed by atoms with Gasteiger partial charge in [0.15, 0.2) is 0 Å². The van der Waals surface area contributed by atoms with Crippen molar-refractivity contribution >= 4 is 11.6 Å². The Hall–Kier alpha value is -1.55. The Balaban J connectivity index is 1.88. The molecule has 1 aliphatic rings. The number of aliphatic hydroxyl groups is 1. The van der Waals surface area contributed by atoms with E-state index in [2.05, 4.69) is 10.6 Å². The second-order valence-corrected chi connectivity index (χ2v) is 4.37. The molecule has 1 aliphatic heterocycles. The lowest BCUT2D eigenvalue weighted by Gasteiger charge is -2.14. The first-order valence-electron chi connectivity index (χ1n) is 6.01. The van der Waals surface area contributed by atoms with Gasteiger partial charge >= 0.3 is 0 Å². The molecular weight excluding hydrogens is 216 g/mol. The van der Waals surface area contributed by atoms with Crippen LogP contribution in [0.5, 0.6) is 0 Å². The summed E-state index contributed by atoms with van der Waals surface area (Å²) < 4.78 is 0. The fourth-order valence-corrected chi connectivity index (χ4v) is 1.94. The van der Waals surface area contributed by atoms with Crippen molar-refractivity contribution in [1.29, 1.82) is 0 Å². The van der Waals surface area contributed by atoms with Crippen molar-refractivity contribution in [1.82, 2.24) is 5.32 Å². The maximum Gasteiger partial charge on any atom is 0.242 e. The lowest BCUT2D eigenvalue weighted by atomic mass is 10.1. The fourth-order valence-electron chi connectivity index (χ4n) is 1.94. The quantitative estimate of drug-likeness (QED) is 0.725. The molecule has 1 amide bonds. The van der Waals surface area contributed by atoms with E-state index in [1.165, 1.54) is 5.56 Å². The molecule has 17 heavy (non-hydrogen) atoms. The largest absolute Gasteiger partial charge is 0.391 e. The molecule has 0 bridgehead atoms. The SMILES string of the molecule is CCC(O)CNC(=O)[C@@H]1Cc2ccccc2N1. The van der Waals surface area contributed by atoms with Crippen LogP contribution in [0.1, 0.15) is 18.9 Å². The van der Waals surface area contributed by atoms with Crippen LogP contribution in [0, 0.1) is 0 Å². The van der Waals surface area contributed by atoms with Gasteiger partial charge in [-0.2, -0.15) is 0 Å². The summed E-state index contributed by atoms with van der Waals surface area (Å²) in [7, 11) is 0. The van der Waals surface area contributed by atoms with E-state index in [9.17, 15) is 9.90 Å². The normalized spacial score (nSPS) is 19.3. The molecule has 0 radical (unpaired) electrons. The Morgan fingerprint density at radius 1 is 1.59 bits per heavy atom. The standard InChI is InChI=1S/C13H18N2O2/c1-2-10(16)8-14-13(17)12-7-9-5-3-4-6-11(9)15-12/h3-6,10,12,15-16H,2,7-8H2,1H3,(H,14,17)/t10?,12-/m0/s1. The van der Waals surface area contributed by atoms with E-state index in [1.54, 1.807) is 0 Å². The molecule has 1 unspecified atom stereocenters. The molecular formula is C13H18N2O2. The van der Waals surface area contributed by atoms with Gasteiger partial charge in [-0.15, -0.1) is 0 Å². The first-order chi connectivity index (χ1) is 8.20. The average molecular weight is 234 g/mol. The number of fused-ring (bicyclic) bond motifs is 1. The van der Waals surface area contributed by atoms with E-state index in [1.807, 2.05) is 31.2 Å². The van der Waals surface area contributed by atoms with Gasteiger partial charge in [0.25, 0.3) is 0 Å². The van der Waals surface area contributed by atoms with Gasteiger partial charge in [0.2, 0.25) is 5.91 Å². The predicted octanol–water partition coefficient (Wildman–Crippen LogP) is 0.910. The van der Waals surface area contributed by atoms with E-state index in [4.69, 9.17) is 0 Å². The number of aliphatic hydroxyl groups excluding tert-OH is 1. The fraction of sp³-hybridized carbons (Fsp3) is 0.462. The second-order valence-electron chi connectivity index (χ2n) is 4.37. The van der Waals surface area contributed by atoms with Gasteiger partial charge in [-0.1, -0.05) is 25.1 Å². The summed E-state index contributed by atoms with van der Waals surface area (Å²) in [5.41, 5.74) is 2.20. The minimum Gasteiger partial charge on any atom is -0.391 e. The monoisotopic (exact) mass is 234 g/mol. The van der Waals surface area contributed by atoms with Crippen LogP contribution in [0.2, 0.25) is 0 Å². The van der Waals surface area contributed by atoms with Crippen molar-refractivity contribution in [3.63, 3.8) is 0 Å². The van der Waals surface area contributed by atoms with Crippen LogP contribution in [-0.2, 0) is 11.2 Å². The summed E-state index contributed by atoms with van der Waals surface area (Å²) in [4.78, 5) is 11.8. The van der Waals surface area contributed by atoms with Crippen LogP contribution in [0.25, 0.3) is 0 Å². The zero-order chi connectivity index (χ0) is 12.3. The Morgan fingerprint density at radius 3 is 3.06 bits per heavy atom. The summed E-state index contributed by atoms with van der Waals surface area (Å²) >= 11 is 0. The molecule has 0 aromatic heterocycles. The molecule has 92 valence electrons. The zero-order valence-electron chi connectivity index (χ0n) is 9.94. The lowest BCUT2D eigenvalue weighted by Crippen LogP contribution is -2.41. The van der Waals surface area contributed by atoms with Gasteiger partial charge in [0, 0.05) is 18.7 Å². The minimum atomic E-state index is -0.456. The van der Waals surface area contributed by atoms with E-state index in [0.29, 0.717) is 19.4 Å². The second kappa shape index (κ2) is 5.19. The summed E-state index contributed by atoms with van der Waals surface area (Å²) in [6.07, 6.45) is 0.908. The molecule has 0 aliphatic carbocycles. The smallest absolute Gasteiger partial charge is 0.242 e. The van der Waals surface area contributed by atoms with Gasteiger partial charge < -0.3 is 15.7 Å². The van der Waals surface area contributed by atoms with E-state index >= 15 is 0 Å². The van der Waals surface area contributed by atoms with Gasteiger partial charge in [0.1, 0.15) is 6.04 Å². The van der Waals surface area contributed by atoms with Gasteiger partial charge in [-0.3, -0.25) is 4.79 Å². The highest BCUT2D eigenvalue weighted by molar-refractivity contribution is 5.87.